The van der Waals surface area contributed by atoms with Crippen molar-refractivity contribution in [3.05, 3.63) is 69.2 Å². The zero-order chi connectivity index (χ0) is 13.8. The molecule has 0 radical (unpaired) electrons. The maximum Gasteiger partial charge on any atom is 0.167 e. The summed E-state index contributed by atoms with van der Waals surface area (Å²) >= 11 is 3.47. The predicted octanol–water partition coefficient (Wildman–Crippen LogP) is 4.75. The standard InChI is InChI=1S/C17H17BrO/c1-3-13-5-7-14(8-6-13)10-17(19)15-9-4-12(2)16(18)11-15/h4-9,11H,3,10H2,1-2H3. The van der Waals surface area contributed by atoms with Crippen LogP contribution in [0.25, 0.3) is 0 Å². The summed E-state index contributed by atoms with van der Waals surface area (Å²) < 4.78 is 0.986. The zero-order valence-corrected chi connectivity index (χ0v) is 12.8. The summed E-state index contributed by atoms with van der Waals surface area (Å²) in [6, 6.07) is 14.0. The number of carbonyl (C=O) groups excluding carboxylic acids is 1. The molecule has 0 aliphatic heterocycles. The number of hydrogen-bond acceptors (Lipinski definition) is 1. The molecule has 0 aliphatic carbocycles. The van der Waals surface area contributed by atoms with Crippen molar-refractivity contribution >= 4 is 21.7 Å². The summed E-state index contributed by atoms with van der Waals surface area (Å²) in [6.45, 7) is 4.14. The molecule has 0 N–H and O–H groups in total. The topological polar surface area (TPSA) is 17.1 Å². The molecule has 2 heteroatoms. The normalized spacial score (nSPS) is 10.5. The Morgan fingerprint density at radius 1 is 1.05 bits per heavy atom. The molecule has 2 rings (SSSR count). The molecular formula is C17H17BrO. The van der Waals surface area contributed by atoms with Gasteiger partial charge in [0.1, 0.15) is 0 Å². The Labute approximate surface area is 122 Å². The molecule has 0 spiro atoms. The maximum absolute atomic E-state index is 12.2. The Bertz CT molecular complexity index is 585. The molecule has 0 amide bonds. The van der Waals surface area contributed by atoms with Crippen LogP contribution in [0.5, 0.6) is 0 Å². The average Bonchev–Trinajstić information content (AvgIpc) is 2.42. The van der Waals surface area contributed by atoms with E-state index in [0.29, 0.717) is 6.42 Å². The minimum atomic E-state index is 0.157. The van der Waals surface area contributed by atoms with E-state index in [1.54, 1.807) is 0 Å². The molecule has 2 aromatic carbocycles. The highest BCUT2D eigenvalue weighted by Crippen LogP contribution is 2.19. The molecule has 19 heavy (non-hydrogen) atoms. The van der Waals surface area contributed by atoms with E-state index in [1.807, 2.05) is 37.3 Å². The van der Waals surface area contributed by atoms with Gasteiger partial charge in [-0.15, -0.1) is 0 Å². The first-order chi connectivity index (χ1) is 9.10. The fourth-order valence-corrected chi connectivity index (χ4v) is 2.33. The van der Waals surface area contributed by atoms with E-state index in [1.165, 1.54) is 5.56 Å². The monoisotopic (exact) mass is 316 g/mol. The van der Waals surface area contributed by atoms with Crippen molar-refractivity contribution in [2.75, 3.05) is 0 Å². The third kappa shape index (κ3) is 3.54. The lowest BCUT2D eigenvalue weighted by Gasteiger charge is -2.05. The third-order valence-electron chi connectivity index (χ3n) is 3.29. The summed E-state index contributed by atoms with van der Waals surface area (Å²) in [5, 5.41) is 0. The molecule has 1 nitrogen and oxygen atoms in total. The van der Waals surface area contributed by atoms with Crippen LogP contribution in [-0.4, -0.2) is 5.78 Å². The average molecular weight is 317 g/mol. The Hall–Kier alpha value is -1.41. The zero-order valence-electron chi connectivity index (χ0n) is 11.2. The Balaban J connectivity index is 2.13. The van der Waals surface area contributed by atoms with Gasteiger partial charge in [0.05, 0.1) is 0 Å². The molecule has 0 atom stereocenters. The molecule has 0 fully saturated rings. The molecule has 0 aliphatic rings. The van der Waals surface area contributed by atoms with E-state index in [-0.39, 0.29) is 5.78 Å². The molecule has 98 valence electrons. The highest BCUT2D eigenvalue weighted by Gasteiger charge is 2.08. The first-order valence-electron chi connectivity index (χ1n) is 6.47. The van der Waals surface area contributed by atoms with Gasteiger partial charge in [-0.1, -0.05) is 59.3 Å². The number of halogens is 1. The van der Waals surface area contributed by atoms with Crippen molar-refractivity contribution in [1.82, 2.24) is 0 Å². The second-order valence-corrected chi connectivity index (χ2v) is 5.59. The van der Waals surface area contributed by atoms with Crippen LogP contribution in [0.3, 0.4) is 0 Å². The molecule has 0 aromatic heterocycles. The van der Waals surface area contributed by atoms with Crippen LogP contribution in [0.2, 0.25) is 0 Å². The second kappa shape index (κ2) is 6.16. The predicted molar refractivity (Wildman–Crippen MR) is 82.7 cm³/mol. The number of benzene rings is 2. The first kappa shape index (κ1) is 14.0. The van der Waals surface area contributed by atoms with E-state index in [4.69, 9.17) is 0 Å². The third-order valence-corrected chi connectivity index (χ3v) is 4.14. The van der Waals surface area contributed by atoms with Crippen LogP contribution >= 0.6 is 15.9 Å². The van der Waals surface area contributed by atoms with Gasteiger partial charge in [-0.05, 0) is 36.1 Å². The van der Waals surface area contributed by atoms with Gasteiger partial charge >= 0.3 is 0 Å². The van der Waals surface area contributed by atoms with Gasteiger partial charge in [-0.2, -0.15) is 0 Å². The van der Waals surface area contributed by atoms with Gasteiger partial charge in [0.15, 0.2) is 5.78 Å². The van der Waals surface area contributed by atoms with Gasteiger partial charge in [-0.3, -0.25) is 4.79 Å². The van der Waals surface area contributed by atoms with Crippen molar-refractivity contribution in [3.63, 3.8) is 0 Å². The van der Waals surface area contributed by atoms with Gasteiger partial charge in [0, 0.05) is 16.5 Å². The summed E-state index contributed by atoms with van der Waals surface area (Å²) in [5.41, 5.74) is 4.27. The van der Waals surface area contributed by atoms with Gasteiger partial charge in [-0.25, -0.2) is 0 Å². The molecule has 0 saturated heterocycles. The van der Waals surface area contributed by atoms with Crippen LogP contribution in [0.4, 0.5) is 0 Å². The number of rotatable bonds is 4. The van der Waals surface area contributed by atoms with E-state index in [9.17, 15) is 4.79 Å². The fraction of sp³-hybridized carbons (Fsp3) is 0.235. The van der Waals surface area contributed by atoms with Crippen molar-refractivity contribution < 1.29 is 4.79 Å². The van der Waals surface area contributed by atoms with Gasteiger partial charge in [0.2, 0.25) is 0 Å². The molecule has 2 aromatic rings. The highest BCUT2D eigenvalue weighted by atomic mass is 79.9. The fourth-order valence-electron chi connectivity index (χ4n) is 1.95. The lowest BCUT2D eigenvalue weighted by Crippen LogP contribution is -2.03. The maximum atomic E-state index is 12.2. The largest absolute Gasteiger partial charge is 0.294 e. The van der Waals surface area contributed by atoms with Crippen LogP contribution < -0.4 is 0 Å². The minimum Gasteiger partial charge on any atom is -0.294 e. The van der Waals surface area contributed by atoms with Crippen LogP contribution in [0.1, 0.15) is 34.0 Å². The first-order valence-corrected chi connectivity index (χ1v) is 7.26. The molecule has 0 bridgehead atoms. The Morgan fingerprint density at radius 3 is 2.26 bits per heavy atom. The van der Waals surface area contributed by atoms with Gasteiger partial charge < -0.3 is 0 Å². The van der Waals surface area contributed by atoms with E-state index < -0.39 is 0 Å². The SMILES string of the molecule is CCc1ccc(CC(=O)c2ccc(C)c(Br)c2)cc1. The summed E-state index contributed by atoms with van der Waals surface area (Å²) in [7, 11) is 0. The van der Waals surface area contributed by atoms with E-state index >= 15 is 0 Å². The molecule has 0 saturated carbocycles. The molecule has 0 heterocycles. The number of hydrogen-bond donors (Lipinski definition) is 0. The molecular weight excluding hydrogens is 300 g/mol. The van der Waals surface area contributed by atoms with E-state index in [2.05, 4.69) is 35.0 Å². The van der Waals surface area contributed by atoms with Crippen LogP contribution in [0.15, 0.2) is 46.9 Å². The smallest absolute Gasteiger partial charge is 0.167 e. The highest BCUT2D eigenvalue weighted by molar-refractivity contribution is 9.10. The van der Waals surface area contributed by atoms with Gasteiger partial charge in [0.25, 0.3) is 0 Å². The minimum absolute atomic E-state index is 0.157. The van der Waals surface area contributed by atoms with Crippen molar-refractivity contribution in [1.29, 1.82) is 0 Å². The van der Waals surface area contributed by atoms with Crippen molar-refractivity contribution in [3.8, 4) is 0 Å². The lowest BCUT2D eigenvalue weighted by molar-refractivity contribution is 0.0993. The van der Waals surface area contributed by atoms with Crippen molar-refractivity contribution in [2.45, 2.75) is 26.7 Å². The number of ketones is 1. The molecule has 0 unspecified atom stereocenters. The number of aryl methyl sites for hydroxylation is 2. The lowest BCUT2D eigenvalue weighted by atomic mass is 10.0. The van der Waals surface area contributed by atoms with Crippen molar-refractivity contribution in [2.24, 2.45) is 0 Å². The van der Waals surface area contributed by atoms with E-state index in [0.717, 1.165) is 27.6 Å². The van der Waals surface area contributed by atoms with Crippen LogP contribution in [-0.2, 0) is 12.8 Å². The summed E-state index contributed by atoms with van der Waals surface area (Å²) in [4.78, 5) is 12.2. The second-order valence-electron chi connectivity index (χ2n) is 4.73. The summed E-state index contributed by atoms with van der Waals surface area (Å²) in [5.74, 6) is 0.157. The Kier molecular flexibility index (Phi) is 4.54. The summed E-state index contributed by atoms with van der Waals surface area (Å²) in [6.07, 6.45) is 1.48. The quantitative estimate of drug-likeness (QED) is 0.744. The number of carbonyl (C=O) groups is 1. The van der Waals surface area contributed by atoms with Crippen LogP contribution in [0, 0.1) is 6.92 Å². The number of Topliss-reactive ketones (excluding diaryl/α,β-unsaturated/α-hetero) is 1. The Morgan fingerprint density at radius 2 is 1.68 bits per heavy atom.